The van der Waals surface area contributed by atoms with E-state index < -0.39 is 23.8 Å². The Balaban J connectivity index is 1.28. The molecule has 0 amide bonds. The SMILES string of the molecule is NN=N[C@H]1C[C@@H](N2CC3CCCN(CC4CC4)C3C2)CO[C@@H]1c1cc(F)ccc1F. The molecule has 6 nitrogen and oxygen atoms in total. The highest BCUT2D eigenvalue weighted by atomic mass is 19.1. The number of nitrogens with two attached hydrogens (primary N) is 1. The summed E-state index contributed by atoms with van der Waals surface area (Å²) in [7, 11) is 0. The summed E-state index contributed by atoms with van der Waals surface area (Å²) in [5.74, 6) is 6.00. The predicted molar refractivity (Wildman–Crippen MR) is 109 cm³/mol. The van der Waals surface area contributed by atoms with Crippen molar-refractivity contribution in [1.29, 1.82) is 0 Å². The van der Waals surface area contributed by atoms with E-state index in [0.29, 0.717) is 25.0 Å². The van der Waals surface area contributed by atoms with Crippen molar-refractivity contribution in [1.82, 2.24) is 9.80 Å². The number of hydrogen-bond donors (Lipinski definition) is 1. The first-order valence-corrected chi connectivity index (χ1v) is 11.3. The Bertz CT molecular complexity index is 789. The predicted octanol–water partition coefficient (Wildman–Crippen LogP) is 3.30. The van der Waals surface area contributed by atoms with Gasteiger partial charge in [-0.15, -0.1) is 0 Å². The van der Waals surface area contributed by atoms with Gasteiger partial charge in [-0.05, 0) is 68.7 Å². The molecule has 5 rings (SSSR count). The Hall–Kier alpha value is -1.64. The minimum Gasteiger partial charge on any atom is -0.369 e. The molecular formula is C22H31F2N5O. The number of hydrogen-bond acceptors (Lipinski definition) is 5. The molecule has 1 saturated carbocycles. The molecule has 1 aromatic carbocycles. The van der Waals surface area contributed by atoms with E-state index in [0.717, 1.165) is 31.1 Å². The lowest BCUT2D eigenvalue weighted by atomic mass is 9.92. The van der Waals surface area contributed by atoms with Crippen LogP contribution in [0.25, 0.3) is 0 Å². The molecule has 164 valence electrons. The van der Waals surface area contributed by atoms with Crippen LogP contribution in [-0.4, -0.2) is 60.7 Å². The average molecular weight is 420 g/mol. The number of nitrogens with zero attached hydrogens (tertiary/aromatic N) is 4. The molecule has 8 heteroatoms. The van der Waals surface area contributed by atoms with E-state index >= 15 is 0 Å². The van der Waals surface area contributed by atoms with E-state index in [1.165, 1.54) is 44.8 Å². The monoisotopic (exact) mass is 419 g/mol. The average Bonchev–Trinajstić information content (AvgIpc) is 3.45. The van der Waals surface area contributed by atoms with Gasteiger partial charge in [0.15, 0.2) is 0 Å². The summed E-state index contributed by atoms with van der Waals surface area (Å²) in [6, 6.07) is 3.85. The molecule has 3 heterocycles. The first kappa shape index (κ1) is 20.3. The summed E-state index contributed by atoms with van der Waals surface area (Å²) >= 11 is 0. The Kier molecular flexibility index (Phi) is 5.73. The van der Waals surface area contributed by atoms with Crippen LogP contribution in [0, 0.1) is 23.5 Å². The second kappa shape index (κ2) is 8.48. The van der Waals surface area contributed by atoms with Crippen LogP contribution in [0.2, 0.25) is 0 Å². The smallest absolute Gasteiger partial charge is 0.129 e. The number of piperidine rings is 1. The Morgan fingerprint density at radius 1 is 1.17 bits per heavy atom. The zero-order valence-electron chi connectivity index (χ0n) is 17.3. The maximum absolute atomic E-state index is 14.4. The second-order valence-corrected chi connectivity index (χ2v) is 9.47. The third-order valence-electron chi connectivity index (χ3n) is 7.44. The van der Waals surface area contributed by atoms with Crippen molar-refractivity contribution >= 4 is 0 Å². The van der Waals surface area contributed by atoms with E-state index in [4.69, 9.17) is 10.6 Å². The summed E-state index contributed by atoms with van der Waals surface area (Å²) in [6.07, 6.45) is 5.37. The van der Waals surface area contributed by atoms with Crippen LogP contribution in [0.5, 0.6) is 0 Å². The zero-order chi connectivity index (χ0) is 20.7. The standard InChI is InChI=1S/C22H31F2N5O/c23-16-5-6-19(24)18(8-16)22-20(26-27-25)9-17(13-30-22)29-11-15-2-1-7-28(21(15)12-29)10-14-3-4-14/h5-6,8,14-15,17,20-22H,1-4,7,9-13H2,(H2,25,26)/t15?,17-,20+,21?,22-/m1/s1. The molecule has 0 aromatic heterocycles. The normalized spacial score (nSPS) is 35.7. The third kappa shape index (κ3) is 4.09. The van der Waals surface area contributed by atoms with Gasteiger partial charge >= 0.3 is 0 Å². The Morgan fingerprint density at radius 2 is 2.03 bits per heavy atom. The first-order valence-electron chi connectivity index (χ1n) is 11.3. The topological polar surface area (TPSA) is 66.5 Å². The van der Waals surface area contributed by atoms with Gasteiger partial charge in [0.05, 0.1) is 6.61 Å². The molecule has 30 heavy (non-hydrogen) atoms. The summed E-state index contributed by atoms with van der Waals surface area (Å²) in [5.41, 5.74) is 0.191. The molecule has 2 N–H and O–H groups in total. The molecule has 4 aliphatic rings. The minimum atomic E-state index is -0.666. The molecule has 0 radical (unpaired) electrons. The zero-order valence-corrected chi connectivity index (χ0v) is 17.3. The van der Waals surface area contributed by atoms with Crippen molar-refractivity contribution < 1.29 is 13.5 Å². The van der Waals surface area contributed by atoms with Gasteiger partial charge in [-0.1, -0.05) is 5.22 Å². The fourth-order valence-electron chi connectivity index (χ4n) is 5.74. The maximum atomic E-state index is 14.4. The highest BCUT2D eigenvalue weighted by Gasteiger charge is 2.45. The highest BCUT2D eigenvalue weighted by Crippen LogP contribution is 2.39. The second-order valence-electron chi connectivity index (χ2n) is 9.47. The molecule has 0 bridgehead atoms. The van der Waals surface area contributed by atoms with Crippen molar-refractivity contribution in [2.45, 2.75) is 56.3 Å². The molecule has 1 aromatic rings. The van der Waals surface area contributed by atoms with E-state index in [1.807, 2.05) is 0 Å². The van der Waals surface area contributed by atoms with E-state index in [-0.39, 0.29) is 11.6 Å². The first-order chi connectivity index (χ1) is 14.6. The minimum absolute atomic E-state index is 0.191. The molecule has 3 aliphatic heterocycles. The molecule has 5 atom stereocenters. The number of rotatable bonds is 5. The summed E-state index contributed by atoms with van der Waals surface area (Å²) < 4.78 is 34.2. The number of halogens is 2. The largest absolute Gasteiger partial charge is 0.369 e. The van der Waals surface area contributed by atoms with Crippen molar-refractivity contribution in [3.63, 3.8) is 0 Å². The van der Waals surface area contributed by atoms with Gasteiger partial charge in [0.25, 0.3) is 0 Å². The van der Waals surface area contributed by atoms with Crippen LogP contribution in [0.3, 0.4) is 0 Å². The molecular weight excluding hydrogens is 388 g/mol. The van der Waals surface area contributed by atoms with Crippen LogP contribution < -0.4 is 5.84 Å². The quantitative estimate of drug-likeness (QED) is 0.452. The van der Waals surface area contributed by atoms with Crippen molar-refractivity contribution in [2.24, 2.45) is 28.0 Å². The number of likely N-dealkylation sites (tertiary alicyclic amines) is 2. The van der Waals surface area contributed by atoms with Crippen LogP contribution in [0.1, 0.15) is 43.8 Å². The molecule has 0 spiro atoms. The summed E-state index contributed by atoms with van der Waals surface area (Å²) in [5, 5.41) is 7.61. The molecule has 3 saturated heterocycles. The Morgan fingerprint density at radius 3 is 2.83 bits per heavy atom. The number of fused-ring (bicyclic) bond motifs is 1. The van der Waals surface area contributed by atoms with Gasteiger partial charge in [-0.2, -0.15) is 5.11 Å². The van der Waals surface area contributed by atoms with Crippen molar-refractivity contribution in [3.05, 3.63) is 35.4 Å². The van der Waals surface area contributed by atoms with E-state index in [2.05, 4.69) is 20.1 Å². The lowest BCUT2D eigenvalue weighted by Crippen LogP contribution is -2.48. The van der Waals surface area contributed by atoms with E-state index in [9.17, 15) is 8.78 Å². The summed E-state index contributed by atoms with van der Waals surface area (Å²) in [6.45, 7) is 5.08. The molecule has 4 fully saturated rings. The molecule has 2 unspecified atom stereocenters. The maximum Gasteiger partial charge on any atom is 0.129 e. The Labute approximate surface area is 176 Å². The number of ether oxygens (including phenoxy) is 1. The van der Waals surface area contributed by atoms with Crippen LogP contribution in [0.15, 0.2) is 28.5 Å². The van der Waals surface area contributed by atoms with E-state index in [1.54, 1.807) is 0 Å². The number of benzene rings is 1. The fourth-order valence-corrected chi connectivity index (χ4v) is 5.74. The molecule has 1 aliphatic carbocycles. The third-order valence-corrected chi connectivity index (χ3v) is 7.44. The van der Waals surface area contributed by atoms with Gasteiger partial charge < -0.3 is 10.6 Å². The van der Waals surface area contributed by atoms with Gasteiger partial charge in [0.2, 0.25) is 0 Å². The van der Waals surface area contributed by atoms with Gasteiger partial charge in [-0.25, -0.2) is 8.78 Å². The lowest BCUT2D eigenvalue weighted by molar-refractivity contribution is -0.0493. The fraction of sp³-hybridized carbons (Fsp3) is 0.727. The highest BCUT2D eigenvalue weighted by molar-refractivity contribution is 5.23. The van der Waals surface area contributed by atoms with Gasteiger partial charge in [0.1, 0.15) is 23.8 Å². The van der Waals surface area contributed by atoms with Crippen LogP contribution >= 0.6 is 0 Å². The lowest BCUT2D eigenvalue weighted by Gasteiger charge is -2.38. The summed E-state index contributed by atoms with van der Waals surface area (Å²) in [4.78, 5) is 5.25. The van der Waals surface area contributed by atoms with Gasteiger partial charge in [0, 0.05) is 37.3 Å². The van der Waals surface area contributed by atoms with Crippen LogP contribution in [0.4, 0.5) is 8.78 Å². The van der Waals surface area contributed by atoms with Crippen LogP contribution in [-0.2, 0) is 4.74 Å². The van der Waals surface area contributed by atoms with Crippen molar-refractivity contribution in [2.75, 3.05) is 32.8 Å². The van der Waals surface area contributed by atoms with Crippen molar-refractivity contribution in [3.8, 4) is 0 Å². The van der Waals surface area contributed by atoms with Gasteiger partial charge in [-0.3, -0.25) is 9.80 Å².